The zero-order valence-electron chi connectivity index (χ0n) is 39.1. The Labute approximate surface area is 407 Å². The standard InChI is InChI=1S/C70H46/c1-69(2)61-40-22-21-39-57(61)65-49-31-13-10-29-47(49)59(42-62(65)69)64-53-35-17-15-33-51(53)63(52-34-16-18-36-54(52)64)58-41-60-66-50-32-14-9-27-45(50)46-28-11-20-38-56(46)68(66)70(43-23-5-3-6-24-43,44-25-7-4-8-26-44)67(60)55-37-19-12-30-48(55)58/h3-42H,1-2H3. The highest BCUT2D eigenvalue weighted by molar-refractivity contribution is 6.28. The molecule has 0 nitrogen and oxygen atoms in total. The molecule has 0 spiro atoms. The molecule has 0 bridgehead atoms. The fourth-order valence-electron chi connectivity index (χ4n) is 13.7. The van der Waals surface area contributed by atoms with E-state index in [9.17, 15) is 0 Å². The molecule has 2 aliphatic carbocycles. The van der Waals surface area contributed by atoms with Crippen molar-refractivity contribution in [1.29, 1.82) is 0 Å². The van der Waals surface area contributed by atoms with Crippen LogP contribution in [0.4, 0.5) is 0 Å². The van der Waals surface area contributed by atoms with Crippen LogP contribution in [0.15, 0.2) is 243 Å². The molecule has 0 heterocycles. The summed E-state index contributed by atoms with van der Waals surface area (Å²) in [7, 11) is 0. The number of rotatable bonds is 4. The van der Waals surface area contributed by atoms with Crippen LogP contribution < -0.4 is 0 Å². The maximum Gasteiger partial charge on any atom is 0.0725 e. The van der Waals surface area contributed by atoms with Crippen molar-refractivity contribution in [3.8, 4) is 44.5 Å². The normalized spacial score (nSPS) is 14.1. The Morgan fingerprint density at radius 1 is 0.229 bits per heavy atom. The van der Waals surface area contributed by atoms with Gasteiger partial charge in [-0.2, -0.15) is 0 Å². The van der Waals surface area contributed by atoms with E-state index >= 15 is 0 Å². The summed E-state index contributed by atoms with van der Waals surface area (Å²) in [6.07, 6.45) is 0. The van der Waals surface area contributed by atoms with Crippen LogP contribution in [0.25, 0.3) is 109 Å². The monoisotopic (exact) mass is 886 g/mol. The van der Waals surface area contributed by atoms with E-state index in [0.717, 1.165) is 0 Å². The molecule has 0 aliphatic heterocycles. The van der Waals surface area contributed by atoms with Gasteiger partial charge in [-0.25, -0.2) is 0 Å². The van der Waals surface area contributed by atoms with E-state index in [1.165, 1.54) is 143 Å². The summed E-state index contributed by atoms with van der Waals surface area (Å²) in [5.74, 6) is 0. The molecule has 0 N–H and O–H groups in total. The Bertz CT molecular complexity index is 4270. The Balaban J connectivity index is 1.11. The summed E-state index contributed by atoms with van der Waals surface area (Å²) in [6.45, 7) is 4.81. The third kappa shape index (κ3) is 5.05. The van der Waals surface area contributed by atoms with Gasteiger partial charge in [0.2, 0.25) is 0 Å². The maximum atomic E-state index is 2.60. The summed E-state index contributed by atoms with van der Waals surface area (Å²) in [5.41, 5.74) is 17.7. The fourth-order valence-corrected chi connectivity index (χ4v) is 13.7. The Morgan fingerprint density at radius 2 is 0.586 bits per heavy atom. The smallest absolute Gasteiger partial charge is 0.0622 e. The van der Waals surface area contributed by atoms with Gasteiger partial charge in [-0.05, 0) is 155 Å². The third-order valence-electron chi connectivity index (χ3n) is 16.5. The first kappa shape index (κ1) is 39.4. The van der Waals surface area contributed by atoms with Gasteiger partial charge in [-0.1, -0.05) is 244 Å². The average molecular weight is 887 g/mol. The first-order valence-electron chi connectivity index (χ1n) is 24.8. The Hall–Kier alpha value is -8.58. The molecule has 0 saturated carbocycles. The van der Waals surface area contributed by atoms with E-state index in [-0.39, 0.29) is 5.41 Å². The SMILES string of the molecule is CC1(C)c2ccccc2-c2c1cc(-c1c3ccccc3c(-c3cc4c(c5ccccc35)C(c3ccccc3)(c3ccccc3)c3c-4c4ccccc4c4ccccc34)c3ccccc13)c1ccccc21. The topological polar surface area (TPSA) is 0 Å². The average Bonchev–Trinajstić information content (AvgIpc) is 3.87. The van der Waals surface area contributed by atoms with Crippen LogP contribution in [0.3, 0.4) is 0 Å². The molecule has 0 atom stereocenters. The van der Waals surface area contributed by atoms with Crippen molar-refractivity contribution in [3.05, 3.63) is 276 Å². The maximum absolute atomic E-state index is 2.60. The molecule has 13 aromatic carbocycles. The molecule has 0 aromatic heterocycles. The molecule has 15 rings (SSSR count). The van der Waals surface area contributed by atoms with Crippen LogP contribution in [0, 0.1) is 0 Å². The quantitative estimate of drug-likeness (QED) is 0.122. The third-order valence-corrected chi connectivity index (χ3v) is 16.5. The highest BCUT2D eigenvalue weighted by Gasteiger charge is 2.49. The van der Waals surface area contributed by atoms with Crippen LogP contribution in [0.5, 0.6) is 0 Å². The minimum atomic E-state index is -0.620. The van der Waals surface area contributed by atoms with E-state index in [1.54, 1.807) is 0 Å². The van der Waals surface area contributed by atoms with Crippen molar-refractivity contribution in [2.24, 2.45) is 0 Å². The van der Waals surface area contributed by atoms with Crippen LogP contribution in [-0.4, -0.2) is 0 Å². The van der Waals surface area contributed by atoms with Crippen molar-refractivity contribution in [3.63, 3.8) is 0 Å². The predicted octanol–water partition coefficient (Wildman–Crippen LogP) is 18.6. The minimum absolute atomic E-state index is 0.153. The summed E-state index contributed by atoms with van der Waals surface area (Å²) in [5, 5.41) is 15.3. The molecule has 70 heavy (non-hydrogen) atoms. The lowest BCUT2D eigenvalue weighted by Crippen LogP contribution is -2.29. The van der Waals surface area contributed by atoms with Gasteiger partial charge < -0.3 is 0 Å². The first-order chi connectivity index (χ1) is 34.5. The molecule has 2 aliphatic rings. The van der Waals surface area contributed by atoms with Crippen molar-refractivity contribution in [2.45, 2.75) is 24.7 Å². The minimum Gasteiger partial charge on any atom is -0.0622 e. The molecule has 0 unspecified atom stereocenters. The molecule has 0 heteroatoms. The molecule has 326 valence electrons. The van der Waals surface area contributed by atoms with Crippen molar-refractivity contribution < 1.29 is 0 Å². The highest BCUT2D eigenvalue weighted by Crippen LogP contribution is 2.63. The van der Waals surface area contributed by atoms with Gasteiger partial charge in [-0.15, -0.1) is 0 Å². The molecular formula is C70H46. The molecule has 0 radical (unpaired) electrons. The van der Waals surface area contributed by atoms with Crippen LogP contribution in [-0.2, 0) is 10.8 Å². The zero-order chi connectivity index (χ0) is 46.3. The second kappa shape index (κ2) is 14.5. The van der Waals surface area contributed by atoms with Gasteiger partial charge in [0.25, 0.3) is 0 Å². The summed E-state index contributed by atoms with van der Waals surface area (Å²) in [4.78, 5) is 0. The van der Waals surface area contributed by atoms with Crippen LogP contribution >= 0.6 is 0 Å². The van der Waals surface area contributed by atoms with Crippen molar-refractivity contribution in [2.75, 3.05) is 0 Å². The first-order valence-corrected chi connectivity index (χ1v) is 24.8. The number of hydrogen-bond donors (Lipinski definition) is 0. The number of hydrogen-bond acceptors (Lipinski definition) is 0. The summed E-state index contributed by atoms with van der Waals surface area (Å²) >= 11 is 0. The zero-order valence-corrected chi connectivity index (χ0v) is 39.1. The lowest BCUT2D eigenvalue weighted by Gasteiger charge is -2.36. The van der Waals surface area contributed by atoms with Crippen LogP contribution in [0.1, 0.15) is 47.2 Å². The molecule has 13 aromatic rings. The lowest BCUT2D eigenvalue weighted by molar-refractivity contribution is 0.661. The van der Waals surface area contributed by atoms with E-state index in [2.05, 4.69) is 257 Å². The lowest BCUT2D eigenvalue weighted by atomic mass is 9.65. The van der Waals surface area contributed by atoms with E-state index in [1.807, 2.05) is 0 Å². The molecule has 0 amide bonds. The van der Waals surface area contributed by atoms with Gasteiger partial charge in [-0.3, -0.25) is 0 Å². The van der Waals surface area contributed by atoms with E-state index in [0.29, 0.717) is 0 Å². The van der Waals surface area contributed by atoms with Crippen LogP contribution in [0.2, 0.25) is 0 Å². The van der Waals surface area contributed by atoms with Gasteiger partial charge in [0.1, 0.15) is 0 Å². The predicted molar refractivity (Wildman–Crippen MR) is 297 cm³/mol. The number of benzene rings is 13. The Morgan fingerprint density at radius 3 is 1.11 bits per heavy atom. The molecule has 0 saturated heterocycles. The van der Waals surface area contributed by atoms with Gasteiger partial charge in [0, 0.05) is 5.41 Å². The van der Waals surface area contributed by atoms with Crippen molar-refractivity contribution in [1.82, 2.24) is 0 Å². The summed E-state index contributed by atoms with van der Waals surface area (Å²) in [6, 6.07) is 92.0. The Kier molecular flexibility index (Phi) is 8.15. The van der Waals surface area contributed by atoms with Gasteiger partial charge in [0.15, 0.2) is 0 Å². The summed E-state index contributed by atoms with van der Waals surface area (Å²) < 4.78 is 0. The molecular weight excluding hydrogens is 841 g/mol. The number of fused-ring (bicyclic) bond motifs is 17. The van der Waals surface area contributed by atoms with Gasteiger partial charge in [0.05, 0.1) is 5.41 Å². The fraction of sp³-hybridized carbons (Fsp3) is 0.0571. The second-order valence-electron chi connectivity index (χ2n) is 20.1. The molecule has 0 fully saturated rings. The largest absolute Gasteiger partial charge is 0.0725 e. The van der Waals surface area contributed by atoms with Crippen molar-refractivity contribution >= 4 is 64.6 Å². The van der Waals surface area contributed by atoms with E-state index in [4.69, 9.17) is 0 Å². The van der Waals surface area contributed by atoms with Gasteiger partial charge >= 0.3 is 0 Å². The second-order valence-corrected chi connectivity index (χ2v) is 20.1. The highest BCUT2D eigenvalue weighted by atomic mass is 14.5. The van der Waals surface area contributed by atoms with E-state index < -0.39 is 5.41 Å².